The van der Waals surface area contributed by atoms with Crippen LogP contribution in [-0.2, 0) is 28.8 Å². The Labute approximate surface area is 263 Å². The van der Waals surface area contributed by atoms with Crippen LogP contribution in [0.5, 0.6) is 0 Å². The van der Waals surface area contributed by atoms with E-state index in [9.17, 15) is 28.8 Å². The monoisotopic (exact) mass is 620 g/mol. The number of likely N-dealkylation sites (tertiary alicyclic amines) is 1. The second-order valence-electron chi connectivity index (χ2n) is 13.3. The van der Waals surface area contributed by atoms with Crippen LogP contribution < -0.4 is 21.5 Å². The van der Waals surface area contributed by atoms with Crippen molar-refractivity contribution in [3.63, 3.8) is 0 Å². The molecule has 0 bridgehead atoms. The van der Waals surface area contributed by atoms with Crippen molar-refractivity contribution >= 4 is 35.4 Å². The fourth-order valence-electron chi connectivity index (χ4n) is 7.16. The lowest BCUT2D eigenvalue weighted by molar-refractivity contribution is -0.145. The normalized spacial score (nSPS) is 23.9. The molecule has 12 heteroatoms. The molecule has 250 valence electrons. The average Bonchev–Trinajstić information content (AvgIpc) is 3.45. The summed E-state index contributed by atoms with van der Waals surface area (Å²) < 4.78 is 0. The van der Waals surface area contributed by atoms with Crippen molar-refractivity contribution in [2.45, 2.75) is 112 Å². The number of nitrogens with one attached hydrogen (secondary N) is 4. The van der Waals surface area contributed by atoms with Crippen LogP contribution >= 0.6 is 0 Å². The Morgan fingerprint density at radius 1 is 0.864 bits per heavy atom. The molecule has 12 nitrogen and oxygen atoms in total. The Balaban J connectivity index is 1.65. The van der Waals surface area contributed by atoms with E-state index in [1.54, 1.807) is 0 Å². The molecule has 6 amide bonds. The van der Waals surface area contributed by atoms with E-state index in [4.69, 9.17) is 0 Å². The van der Waals surface area contributed by atoms with Gasteiger partial charge in [0.25, 0.3) is 0 Å². The highest BCUT2D eigenvalue weighted by molar-refractivity contribution is 6.13. The van der Waals surface area contributed by atoms with Crippen LogP contribution in [0, 0.1) is 28.6 Å². The number of piperidine rings is 1. The van der Waals surface area contributed by atoms with Crippen molar-refractivity contribution in [3.05, 3.63) is 0 Å². The third-order valence-corrected chi connectivity index (χ3v) is 9.91. The van der Waals surface area contributed by atoms with Gasteiger partial charge in [-0.15, -0.1) is 0 Å². The number of amides is 6. The van der Waals surface area contributed by atoms with E-state index in [0.29, 0.717) is 45.2 Å². The van der Waals surface area contributed by atoms with Crippen LogP contribution in [0.15, 0.2) is 0 Å². The molecular weight excluding hydrogens is 564 g/mol. The molecule has 1 aliphatic carbocycles. The first-order valence-corrected chi connectivity index (χ1v) is 16.3. The van der Waals surface area contributed by atoms with Crippen molar-refractivity contribution < 1.29 is 28.8 Å². The van der Waals surface area contributed by atoms with Gasteiger partial charge in [0.05, 0.1) is 17.4 Å². The molecule has 5 unspecified atom stereocenters. The van der Waals surface area contributed by atoms with Crippen molar-refractivity contribution in [1.29, 1.82) is 0 Å². The van der Waals surface area contributed by atoms with E-state index in [-0.39, 0.29) is 71.5 Å². The number of carbonyl (C=O) groups excluding carboxylic acids is 6. The molecule has 4 N–H and O–H groups in total. The van der Waals surface area contributed by atoms with E-state index in [1.165, 1.54) is 11.9 Å². The predicted molar refractivity (Wildman–Crippen MR) is 167 cm³/mol. The summed E-state index contributed by atoms with van der Waals surface area (Å²) in [5.74, 6) is -1.47. The van der Waals surface area contributed by atoms with Crippen LogP contribution in [-0.4, -0.2) is 84.5 Å². The number of fused-ring (bicyclic) bond motifs is 1. The highest BCUT2D eigenvalue weighted by atomic mass is 16.2. The summed E-state index contributed by atoms with van der Waals surface area (Å²) in [5.41, 5.74) is 4.14. The molecule has 2 rings (SSSR count). The van der Waals surface area contributed by atoms with Gasteiger partial charge in [0.15, 0.2) is 0 Å². The van der Waals surface area contributed by atoms with Gasteiger partial charge in [0.2, 0.25) is 35.4 Å². The molecule has 5 atom stereocenters. The van der Waals surface area contributed by atoms with Gasteiger partial charge in [-0.05, 0) is 62.9 Å². The fraction of sp³-hybridized carbons (Fsp3) is 0.812. The summed E-state index contributed by atoms with van der Waals surface area (Å²) in [4.78, 5) is 79.0. The van der Waals surface area contributed by atoms with Gasteiger partial charge in [-0.1, -0.05) is 54.9 Å². The second-order valence-corrected chi connectivity index (χ2v) is 13.3. The maximum atomic E-state index is 13.1. The van der Waals surface area contributed by atoms with Crippen molar-refractivity contribution in [2.24, 2.45) is 28.6 Å². The predicted octanol–water partition coefficient (Wildman–Crippen LogP) is 2.13. The van der Waals surface area contributed by atoms with Crippen LogP contribution in [0.2, 0.25) is 0 Å². The zero-order chi connectivity index (χ0) is 33.4. The molecule has 0 aromatic rings. The lowest BCUT2D eigenvalue weighted by atomic mass is 9.88. The first kappa shape index (κ1) is 37.2. The molecule has 1 heterocycles. The Hall–Kier alpha value is -3.02. The van der Waals surface area contributed by atoms with Crippen LogP contribution in [0.4, 0.5) is 0 Å². The Bertz CT molecular complexity index is 1080. The molecule has 0 aromatic heterocycles. The minimum Gasteiger partial charge on any atom is -0.357 e. The molecule has 0 aromatic carbocycles. The summed E-state index contributed by atoms with van der Waals surface area (Å²) >= 11 is 0. The van der Waals surface area contributed by atoms with E-state index >= 15 is 0 Å². The summed E-state index contributed by atoms with van der Waals surface area (Å²) in [7, 11) is 3.36. The fourth-order valence-corrected chi connectivity index (χ4v) is 7.16. The molecule has 0 spiro atoms. The molecule has 1 saturated carbocycles. The minimum absolute atomic E-state index is 0.0163. The van der Waals surface area contributed by atoms with E-state index in [1.807, 2.05) is 60.4 Å². The third kappa shape index (κ3) is 7.79. The van der Waals surface area contributed by atoms with E-state index in [0.717, 1.165) is 6.42 Å². The van der Waals surface area contributed by atoms with Gasteiger partial charge in [0.1, 0.15) is 6.04 Å². The minimum atomic E-state index is -0.633. The van der Waals surface area contributed by atoms with Gasteiger partial charge in [0, 0.05) is 26.4 Å². The van der Waals surface area contributed by atoms with Crippen LogP contribution in [0.3, 0.4) is 0 Å². The number of carbonyl (C=O) groups is 6. The molecule has 2 fully saturated rings. The first-order valence-electron chi connectivity index (χ1n) is 16.3. The number of imide groups is 1. The topological polar surface area (TPSA) is 157 Å². The van der Waals surface area contributed by atoms with E-state index in [2.05, 4.69) is 21.5 Å². The Kier molecular flexibility index (Phi) is 13.4. The largest absolute Gasteiger partial charge is 0.357 e. The summed E-state index contributed by atoms with van der Waals surface area (Å²) in [6, 6.07) is -1.10. The Morgan fingerprint density at radius 2 is 1.45 bits per heavy atom. The number of nitrogens with zero attached hydrogens (tertiary/aromatic N) is 2. The number of hydrogen-bond donors (Lipinski definition) is 4. The molecular formula is C32H56N6O6. The molecule has 1 saturated heterocycles. The lowest BCUT2D eigenvalue weighted by Crippen LogP contribution is -2.56. The number of unbranched alkanes of at least 4 members (excludes halogenated alkanes) is 2. The smallest absolute Gasteiger partial charge is 0.242 e. The van der Waals surface area contributed by atoms with Crippen molar-refractivity contribution in [2.75, 3.05) is 27.2 Å². The van der Waals surface area contributed by atoms with Crippen molar-refractivity contribution in [1.82, 2.24) is 31.3 Å². The maximum Gasteiger partial charge on any atom is 0.242 e. The van der Waals surface area contributed by atoms with Crippen LogP contribution in [0.1, 0.15) is 99.8 Å². The van der Waals surface area contributed by atoms with Gasteiger partial charge >= 0.3 is 0 Å². The standard InChI is InChI=1S/C32H56N6O6/c1-10-31(7)26-29(43)38(30(44)32(26,31)11-2)19-14-12-13-16-22(39)35-36-23(40)17-15-18-37(9)25(21(5)6)28(42)34-24(20(3)4)27(41)33-8/h20-21,24-26H,10-19H2,1-9H3,(H,33,41)(H,34,42)(H,35,39)(H,36,40). The number of hydrogen-bond acceptors (Lipinski definition) is 7. The van der Waals surface area contributed by atoms with Crippen molar-refractivity contribution in [3.8, 4) is 0 Å². The number of rotatable bonds is 18. The van der Waals surface area contributed by atoms with Gasteiger partial charge in [-0.3, -0.25) is 49.4 Å². The summed E-state index contributed by atoms with van der Waals surface area (Å²) in [5, 5.41) is 5.45. The van der Waals surface area contributed by atoms with Gasteiger partial charge < -0.3 is 10.6 Å². The maximum absolute atomic E-state index is 13.1. The second kappa shape index (κ2) is 15.8. The third-order valence-electron chi connectivity index (χ3n) is 9.91. The molecule has 2 aliphatic rings. The average molecular weight is 621 g/mol. The Morgan fingerprint density at radius 3 is 1.93 bits per heavy atom. The SMILES string of the molecule is CCC1(C)C2C(=O)N(CCCCCC(=O)NNC(=O)CCCN(C)C(C(=O)NC(C(=O)NC)C(C)C)C(C)C)C(=O)C21CC. The molecule has 1 aliphatic heterocycles. The summed E-state index contributed by atoms with van der Waals surface area (Å²) in [6.07, 6.45) is 4.26. The number of hydrazine groups is 1. The molecule has 0 radical (unpaired) electrons. The highest BCUT2D eigenvalue weighted by Crippen LogP contribution is 2.76. The quantitative estimate of drug-likeness (QED) is 0.104. The molecule has 44 heavy (non-hydrogen) atoms. The highest BCUT2D eigenvalue weighted by Gasteiger charge is 2.83. The first-order chi connectivity index (χ1) is 20.6. The van der Waals surface area contributed by atoms with Gasteiger partial charge in [-0.2, -0.15) is 0 Å². The lowest BCUT2D eigenvalue weighted by Gasteiger charge is -2.32. The van der Waals surface area contributed by atoms with Crippen LogP contribution in [0.25, 0.3) is 0 Å². The summed E-state index contributed by atoms with van der Waals surface area (Å²) in [6.45, 7) is 14.6. The van der Waals surface area contributed by atoms with E-state index < -0.39 is 17.5 Å². The zero-order valence-corrected chi connectivity index (χ0v) is 28.3. The number of likely N-dealkylation sites (N-methyl/N-ethyl adjacent to an activating group) is 2. The van der Waals surface area contributed by atoms with Gasteiger partial charge in [-0.25, -0.2) is 0 Å². The zero-order valence-electron chi connectivity index (χ0n) is 28.3.